The van der Waals surface area contributed by atoms with E-state index in [2.05, 4.69) is 10.6 Å². The Hall–Kier alpha value is -3.06. The highest BCUT2D eigenvalue weighted by molar-refractivity contribution is 6.31. The number of rotatable bonds is 5. The summed E-state index contributed by atoms with van der Waals surface area (Å²) < 4.78 is 5.14. The Bertz CT molecular complexity index is 837. The van der Waals surface area contributed by atoms with Gasteiger partial charge in [-0.25, -0.2) is 4.79 Å². The summed E-state index contributed by atoms with van der Waals surface area (Å²) in [7, 11) is 0. The molecule has 1 unspecified atom stereocenters. The number of nitrogen functional groups attached to an aromatic ring is 1. The number of hydrogen-bond donors (Lipinski definition) is 3. The van der Waals surface area contributed by atoms with Crippen molar-refractivity contribution < 1.29 is 19.1 Å². The fourth-order valence-electron chi connectivity index (χ4n) is 2.08. The summed E-state index contributed by atoms with van der Waals surface area (Å²) in [6.07, 6.45) is -1.03. The fraction of sp³-hybridized carbons (Fsp3) is 0.167. The molecule has 0 aliphatic heterocycles. The number of hydrogen-bond acceptors (Lipinski definition) is 5. The van der Waals surface area contributed by atoms with Crippen LogP contribution >= 0.6 is 11.6 Å². The first-order valence-electron chi connectivity index (χ1n) is 7.71. The van der Waals surface area contributed by atoms with Gasteiger partial charge in [0.1, 0.15) is 0 Å². The number of nitrogens with one attached hydrogen (secondary N) is 2. The molecule has 0 aromatic heterocycles. The van der Waals surface area contributed by atoms with E-state index in [-0.39, 0.29) is 17.2 Å². The molecule has 0 radical (unpaired) electrons. The van der Waals surface area contributed by atoms with E-state index in [1.807, 2.05) is 0 Å². The molecule has 0 saturated heterocycles. The van der Waals surface area contributed by atoms with Gasteiger partial charge in [0.25, 0.3) is 5.91 Å². The minimum Gasteiger partial charge on any atom is -0.449 e. The maximum atomic E-state index is 12.2. The second-order valence-corrected chi connectivity index (χ2v) is 5.96. The predicted octanol–water partition coefficient (Wildman–Crippen LogP) is 3.06. The lowest BCUT2D eigenvalue weighted by molar-refractivity contribution is -0.123. The lowest BCUT2D eigenvalue weighted by Gasteiger charge is -2.14. The quantitative estimate of drug-likeness (QED) is 0.549. The molecule has 0 aliphatic carbocycles. The zero-order chi connectivity index (χ0) is 19.3. The number of benzene rings is 2. The van der Waals surface area contributed by atoms with E-state index in [1.54, 1.807) is 24.3 Å². The molecule has 0 fully saturated rings. The topological polar surface area (TPSA) is 111 Å². The number of halogens is 1. The maximum Gasteiger partial charge on any atom is 0.341 e. The van der Waals surface area contributed by atoms with Crippen LogP contribution in [0.1, 0.15) is 24.2 Å². The highest BCUT2D eigenvalue weighted by Gasteiger charge is 2.20. The van der Waals surface area contributed by atoms with Crippen molar-refractivity contribution in [2.45, 2.75) is 20.0 Å². The van der Waals surface area contributed by atoms with Crippen LogP contribution in [0.4, 0.5) is 17.1 Å². The van der Waals surface area contributed by atoms with Crippen LogP contribution in [0.15, 0.2) is 42.5 Å². The van der Waals surface area contributed by atoms with Gasteiger partial charge in [-0.1, -0.05) is 11.6 Å². The van der Waals surface area contributed by atoms with Gasteiger partial charge >= 0.3 is 5.97 Å². The molecule has 0 heterocycles. The Morgan fingerprint density at radius 2 is 1.62 bits per heavy atom. The number of carbonyl (C=O) groups excluding carboxylic acids is 3. The molecule has 0 spiro atoms. The van der Waals surface area contributed by atoms with E-state index in [0.29, 0.717) is 16.4 Å². The number of anilines is 3. The lowest BCUT2D eigenvalue weighted by atomic mass is 10.2. The summed E-state index contributed by atoms with van der Waals surface area (Å²) in [6.45, 7) is 2.85. The molecule has 2 amide bonds. The first-order valence-corrected chi connectivity index (χ1v) is 8.08. The van der Waals surface area contributed by atoms with Gasteiger partial charge in [0.2, 0.25) is 5.91 Å². The minimum absolute atomic E-state index is 0.133. The second-order valence-electron chi connectivity index (χ2n) is 5.53. The predicted molar refractivity (Wildman–Crippen MR) is 100 cm³/mol. The van der Waals surface area contributed by atoms with Crippen molar-refractivity contribution >= 4 is 46.4 Å². The van der Waals surface area contributed by atoms with Gasteiger partial charge < -0.3 is 21.1 Å². The van der Waals surface area contributed by atoms with E-state index >= 15 is 0 Å². The summed E-state index contributed by atoms with van der Waals surface area (Å²) in [4.78, 5) is 35.3. The second kappa shape index (κ2) is 8.35. The van der Waals surface area contributed by atoms with Crippen molar-refractivity contribution in [3.05, 3.63) is 53.1 Å². The van der Waals surface area contributed by atoms with Crippen molar-refractivity contribution in [2.75, 3.05) is 16.4 Å². The zero-order valence-corrected chi connectivity index (χ0v) is 15.0. The third-order valence-electron chi connectivity index (χ3n) is 3.36. The van der Waals surface area contributed by atoms with Crippen molar-refractivity contribution in [2.24, 2.45) is 0 Å². The summed E-state index contributed by atoms with van der Waals surface area (Å²) >= 11 is 5.79. The summed E-state index contributed by atoms with van der Waals surface area (Å²) in [5.41, 5.74) is 7.14. The van der Waals surface area contributed by atoms with E-state index < -0.39 is 18.0 Å². The molecular weight excluding hydrogens is 358 g/mol. The SMILES string of the molecule is CC(=O)Nc1ccc(NC(=O)C(C)OC(=O)c2ccc(Cl)cc2N)cc1. The van der Waals surface area contributed by atoms with Crippen LogP contribution < -0.4 is 16.4 Å². The lowest BCUT2D eigenvalue weighted by Crippen LogP contribution is -2.30. The summed E-state index contributed by atoms with van der Waals surface area (Å²) in [5.74, 6) is -1.41. The Morgan fingerprint density at radius 3 is 2.15 bits per heavy atom. The summed E-state index contributed by atoms with van der Waals surface area (Å²) in [5, 5.41) is 5.64. The maximum absolute atomic E-state index is 12.2. The smallest absolute Gasteiger partial charge is 0.341 e. The molecule has 7 nitrogen and oxygen atoms in total. The molecule has 1 atom stereocenters. The molecule has 2 rings (SSSR count). The Kier molecular flexibility index (Phi) is 6.19. The molecule has 136 valence electrons. The highest BCUT2D eigenvalue weighted by atomic mass is 35.5. The number of nitrogens with two attached hydrogens (primary N) is 1. The number of amides is 2. The fourth-order valence-corrected chi connectivity index (χ4v) is 2.26. The van der Waals surface area contributed by atoms with Gasteiger partial charge in [-0.2, -0.15) is 0 Å². The monoisotopic (exact) mass is 375 g/mol. The van der Waals surface area contributed by atoms with Gasteiger partial charge in [0.15, 0.2) is 6.10 Å². The van der Waals surface area contributed by atoms with Crippen LogP contribution in [-0.2, 0) is 14.3 Å². The molecule has 2 aromatic rings. The van der Waals surface area contributed by atoms with E-state index in [1.165, 1.54) is 32.0 Å². The summed E-state index contributed by atoms with van der Waals surface area (Å²) in [6, 6.07) is 10.9. The normalized spacial score (nSPS) is 11.3. The van der Waals surface area contributed by atoms with E-state index in [9.17, 15) is 14.4 Å². The number of carbonyl (C=O) groups is 3. The number of esters is 1. The largest absolute Gasteiger partial charge is 0.449 e. The van der Waals surface area contributed by atoms with Gasteiger partial charge in [-0.05, 0) is 49.4 Å². The molecule has 0 bridgehead atoms. The molecule has 0 aliphatic rings. The molecule has 0 saturated carbocycles. The van der Waals surface area contributed by atoms with Crippen LogP contribution in [0.2, 0.25) is 5.02 Å². The van der Waals surface area contributed by atoms with E-state index in [0.717, 1.165) is 0 Å². The molecular formula is C18H18ClN3O4. The first kappa shape index (κ1) is 19.3. The number of ether oxygens (including phenoxy) is 1. The first-order chi connectivity index (χ1) is 12.3. The van der Waals surface area contributed by atoms with Crippen LogP contribution in [0, 0.1) is 0 Å². The zero-order valence-electron chi connectivity index (χ0n) is 14.2. The van der Waals surface area contributed by atoms with Gasteiger partial charge in [0, 0.05) is 29.0 Å². The molecule has 4 N–H and O–H groups in total. The third kappa shape index (κ3) is 5.22. The standard InChI is InChI=1S/C18H18ClN3O4/c1-10(26-18(25)15-8-3-12(19)9-16(15)20)17(24)22-14-6-4-13(5-7-14)21-11(2)23/h3-10H,20H2,1-2H3,(H,21,23)(H,22,24). The van der Waals surface area contributed by atoms with Crippen LogP contribution in [0.5, 0.6) is 0 Å². The Labute approximate surface area is 155 Å². The average molecular weight is 376 g/mol. The van der Waals surface area contributed by atoms with Crippen molar-refractivity contribution in [3.8, 4) is 0 Å². The minimum atomic E-state index is -1.03. The van der Waals surface area contributed by atoms with Crippen LogP contribution in [-0.4, -0.2) is 23.9 Å². The van der Waals surface area contributed by atoms with Crippen molar-refractivity contribution in [1.82, 2.24) is 0 Å². The molecule has 2 aromatic carbocycles. The van der Waals surface area contributed by atoms with Gasteiger partial charge in [0.05, 0.1) is 5.56 Å². The average Bonchev–Trinajstić information content (AvgIpc) is 2.55. The molecule has 26 heavy (non-hydrogen) atoms. The Balaban J connectivity index is 1.96. The van der Waals surface area contributed by atoms with Crippen molar-refractivity contribution in [1.29, 1.82) is 0 Å². The van der Waals surface area contributed by atoms with Crippen LogP contribution in [0.25, 0.3) is 0 Å². The van der Waals surface area contributed by atoms with E-state index in [4.69, 9.17) is 22.1 Å². The van der Waals surface area contributed by atoms with Gasteiger partial charge in [-0.15, -0.1) is 0 Å². The van der Waals surface area contributed by atoms with Crippen LogP contribution in [0.3, 0.4) is 0 Å². The highest BCUT2D eigenvalue weighted by Crippen LogP contribution is 2.20. The Morgan fingerprint density at radius 1 is 1.04 bits per heavy atom. The van der Waals surface area contributed by atoms with Crippen molar-refractivity contribution in [3.63, 3.8) is 0 Å². The third-order valence-corrected chi connectivity index (χ3v) is 3.59. The van der Waals surface area contributed by atoms with Gasteiger partial charge in [-0.3, -0.25) is 9.59 Å². The molecule has 8 heteroatoms.